The first-order chi connectivity index (χ1) is 8.04. The molecule has 0 spiro atoms. The highest BCUT2D eigenvalue weighted by Crippen LogP contribution is 2.35. The van der Waals surface area contributed by atoms with Crippen molar-refractivity contribution in [2.24, 2.45) is 0 Å². The van der Waals surface area contributed by atoms with E-state index in [9.17, 15) is 8.42 Å². The van der Waals surface area contributed by atoms with Crippen molar-refractivity contribution in [2.45, 2.75) is 30.6 Å². The lowest BCUT2D eigenvalue weighted by Gasteiger charge is -2.06. The summed E-state index contributed by atoms with van der Waals surface area (Å²) in [5.41, 5.74) is 2.25. The summed E-state index contributed by atoms with van der Waals surface area (Å²) in [6.07, 6.45) is 2.08. The zero-order valence-electron chi connectivity index (χ0n) is 10.4. The molecule has 0 radical (unpaired) electrons. The van der Waals surface area contributed by atoms with Gasteiger partial charge in [0.25, 0.3) is 0 Å². The monoisotopic (exact) mass is 253 g/mol. The average molecular weight is 253 g/mol. The van der Waals surface area contributed by atoms with Gasteiger partial charge in [-0.15, -0.1) is 0 Å². The summed E-state index contributed by atoms with van der Waals surface area (Å²) in [5.74, 6) is 0.404. The van der Waals surface area contributed by atoms with E-state index < -0.39 is 9.84 Å². The van der Waals surface area contributed by atoms with Gasteiger partial charge >= 0.3 is 0 Å². The van der Waals surface area contributed by atoms with Gasteiger partial charge in [0.2, 0.25) is 0 Å². The van der Waals surface area contributed by atoms with Gasteiger partial charge in [0.15, 0.2) is 9.84 Å². The Kier molecular flexibility index (Phi) is 3.54. The number of sulfone groups is 1. The normalized spacial score (nSPS) is 21.4. The topological polar surface area (TPSA) is 46.2 Å². The number of aryl methyl sites for hydroxylation is 1. The predicted octanol–water partition coefficient (Wildman–Crippen LogP) is 1.73. The Bertz CT molecular complexity index is 508. The molecule has 0 fully saturated rings. The molecule has 0 saturated heterocycles. The van der Waals surface area contributed by atoms with Crippen LogP contribution < -0.4 is 5.32 Å². The van der Waals surface area contributed by atoms with Gasteiger partial charge in [-0.25, -0.2) is 8.42 Å². The quantitative estimate of drug-likeness (QED) is 0.831. The van der Waals surface area contributed by atoms with E-state index in [-0.39, 0.29) is 11.7 Å². The first-order valence-electron chi connectivity index (χ1n) is 6.05. The molecule has 1 N–H and O–H groups in total. The van der Waals surface area contributed by atoms with E-state index in [2.05, 4.69) is 11.4 Å². The molecule has 1 heterocycles. The van der Waals surface area contributed by atoms with Gasteiger partial charge in [0, 0.05) is 0 Å². The Labute approximate surface area is 103 Å². The molecule has 1 unspecified atom stereocenters. The van der Waals surface area contributed by atoms with Crippen molar-refractivity contribution < 1.29 is 8.42 Å². The van der Waals surface area contributed by atoms with Crippen molar-refractivity contribution in [3.05, 3.63) is 29.3 Å². The van der Waals surface area contributed by atoms with E-state index in [1.54, 1.807) is 6.07 Å². The number of benzene rings is 1. The van der Waals surface area contributed by atoms with E-state index in [1.165, 1.54) is 5.56 Å². The van der Waals surface area contributed by atoms with Crippen LogP contribution in [-0.2, 0) is 16.3 Å². The first kappa shape index (κ1) is 12.6. The lowest BCUT2D eigenvalue weighted by Crippen LogP contribution is -2.08. The summed E-state index contributed by atoms with van der Waals surface area (Å²) in [6, 6.07) is 5.80. The first-order valence-corrected chi connectivity index (χ1v) is 7.70. The molecule has 0 aromatic heterocycles. The predicted molar refractivity (Wildman–Crippen MR) is 69.2 cm³/mol. The fourth-order valence-corrected chi connectivity index (χ4v) is 4.31. The number of fused-ring (bicyclic) bond motifs is 1. The summed E-state index contributed by atoms with van der Waals surface area (Å²) < 4.78 is 23.7. The maximum atomic E-state index is 11.8. The number of hydrogen-bond acceptors (Lipinski definition) is 3. The van der Waals surface area contributed by atoms with Crippen LogP contribution in [0.1, 0.15) is 30.4 Å². The Morgan fingerprint density at radius 1 is 1.41 bits per heavy atom. The molecule has 2 rings (SSSR count). The van der Waals surface area contributed by atoms with Gasteiger partial charge in [0.05, 0.1) is 10.6 Å². The molecular formula is C13H19NO2S. The van der Waals surface area contributed by atoms with Gasteiger partial charge in [-0.1, -0.05) is 19.1 Å². The average Bonchev–Trinajstić information content (AvgIpc) is 2.50. The van der Waals surface area contributed by atoms with Crippen LogP contribution in [0.3, 0.4) is 0 Å². The van der Waals surface area contributed by atoms with Crippen LogP contribution in [0.15, 0.2) is 23.1 Å². The highest BCUT2D eigenvalue weighted by molar-refractivity contribution is 7.91. The van der Waals surface area contributed by atoms with Crippen molar-refractivity contribution in [3.8, 4) is 0 Å². The summed E-state index contributed by atoms with van der Waals surface area (Å²) in [5, 5.41) is 3.12. The number of nitrogens with one attached hydrogen (secondary N) is 1. The molecule has 4 heteroatoms. The van der Waals surface area contributed by atoms with Crippen molar-refractivity contribution in [1.82, 2.24) is 5.32 Å². The molecule has 1 aromatic carbocycles. The molecule has 17 heavy (non-hydrogen) atoms. The maximum absolute atomic E-state index is 11.8. The van der Waals surface area contributed by atoms with Gasteiger partial charge in [0.1, 0.15) is 0 Å². The Morgan fingerprint density at radius 2 is 2.18 bits per heavy atom. The van der Waals surface area contributed by atoms with Crippen molar-refractivity contribution in [3.63, 3.8) is 0 Å². The lowest BCUT2D eigenvalue weighted by molar-refractivity contribution is 0.598. The highest BCUT2D eigenvalue weighted by atomic mass is 32.2. The third kappa shape index (κ3) is 2.53. The standard InChI is InChI=1S/C13H19NO2S/c1-10-9-17(15,16)13-6-5-11(8-12(10)13)4-3-7-14-2/h5-6,8,10,14H,3-4,7,9H2,1-2H3. The van der Waals surface area contributed by atoms with Gasteiger partial charge in [-0.2, -0.15) is 0 Å². The molecule has 3 nitrogen and oxygen atoms in total. The second-order valence-electron chi connectivity index (χ2n) is 4.76. The molecule has 0 bridgehead atoms. The fraction of sp³-hybridized carbons (Fsp3) is 0.538. The minimum atomic E-state index is -3.01. The molecule has 1 aliphatic heterocycles. The molecule has 0 amide bonds. The number of rotatable bonds is 4. The van der Waals surface area contributed by atoms with E-state index >= 15 is 0 Å². The van der Waals surface area contributed by atoms with Crippen LogP contribution >= 0.6 is 0 Å². The van der Waals surface area contributed by atoms with E-state index in [4.69, 9.17) is 0 Å². The third-order valence-corrected chi connectivity index (χ3v) is 5.28. The van der Waals surface area contributed by atoms with Crippen LogP contribution in [0.4, 0.5) is 0 Å². The molecule has 1 aromatic rings. The zero-order chi connectivity index (χ0) is 12.5. The van der Waals surface area contributed by atoms with E-state index in [0.29, 0.717) is 4.90 Å². The smallest absolute Gasteiger partial charge is 0.179 e. The van der Waals surface area contributed by atoms with Crippen LogP contribution in [0.2, 0.25) is 0 Å². The van der Waals surface area contributed by atoms with Gasteiger partial charge in [-0.05, 0) is 49.5 Å². The van der Waals surface area contributed by atoms with E-state index in [0.717, 1.165) is 24.9 Å². The Morgan fingerprint density at radius 3 is 2.88 bits per heavy atom. The van der Waals surface area contributed by atoms with Crippen molar-refractivity contribution >= 4 is 9.84 Å². The second kappa shape index (κ2) is 4.78. The maximum Gasteiger partial charge on any atom is 0.179 e. The van der Waals surface area contributed by atoms with E-state index in [1.807, 2.05) is 20.0 Å². The van der Waals surface area contributed by atoms with Crippen LogP contribution in [0.25, 0.3) is 0 Å². The summed E-state index contributed by atoms with van der Waals surface area (Å²) in [4.78, 5) is 0.544. The molecule has 94 valence electrons. The second-order valence-corrected chi connectivity index (χ2v) is 6.76. The molecule has 0 aliphatic carbocycles. The minimum absolute atomic E-state index is 0.138. The molecule has 1 atom stereocenters. The van der Waals surface area contributed by atoms with Crippen LogP contribution in [-0.4, -0.2) is 27.8 Å². The third-order valence-electron chi connectivity index (χ3n) is 3.30. The van der Waals surface area contributed by atoms with Gasteiger partial charge < -0.3 is 5.32 Å². The summed E-state index contributed by atoms with van der Waals surface area (Å²) in [6.45, 7) is 2.98. The van der Waals surface area contributed by atoms with Crippen molar-refractivity contribution in [1.29, 1.82) is 0 Å². The van der Waals surface area contributed by atoms with Crippen LogP contribution in [0, 0.1) is 0 Å². The van der Waals surface area contributed by atoms with Crippen LogP contribution in [0.5, 0.6) is 0 Å². The lowest BCUT2D eigenvalue weighted by atomic mass is 9.99. The molecule has 1 aliphatic rings. The highest BCUT2D eigenvalue weighted by Gasteiger charge is 2.31. The number of hydrogen-bond donors (Lipinski definition) is 1. The molecule has 0 saturated carbocycles. The minimum Gasteiger partial charge on any atom is -0.320 e. The van der Waals surface area contributed by atoms with Crippen molar-refractivity contribution in [2.75, 3.05) is 19.3 Å². The largest absolute Gasteiger partial charge is 0.320 e. The fourth-order valence-electron chi connectivity index (χ4n) is 2.40. The zero-order valence-corrected chi connectivity index (χ0v) is 11.2. The summed E-state index contributed by atoms with van der Waals surface area (Å²) in [7, 11) is -1.07. The SMILES string of the molecule is CNCCCc1ccc2c(c1)C(C)CS2(=O)=O. The Hall–Kier alpha value is -0.870. The Balaban J connectivity index is 2.23. The summed E-state index contributed by atoms with van der Waals surface area (Å²) >= 11 is 0. The van der Waals surface area contributed by atoms with Gasteiger partial charge in [-0.3, -0.25) is 0 Å². The molecular weight excluding hydrogens is 234 g/mol.